The lowest BCUT2D eigenvalue weighted by molar-refractivity contribution is 0.441. The zero-order chi connectivity index (χ0) is 14.2. The molecule has 0 heterocycles. The lowest BCUT2D eigenvalue weighted by Gasteiger charge is -2.12. The zero-order valence-corrected chi connectivity index (χ0v) is 11.6. The number of hydrogen-bond acceptors (Lipinski definition) is 0. The summed E-state index contributed by atoms with van der Waals surface area (Å²) in [5.41, 5.74) is 0.152. The van der Waals surface area contributed by atoms with Crippen LogP contribution in [-0.2, 0) is 0 Å². The molecule has 2 aromatic rings. The molecule has 2 aromatic carbocycles. The maximum atomic E-state index is 13.6. The van der Waals surface area contributed by atoms with E-state index >= 15 is 0 Å². The van der Waals surface area contributed by atoms with Gasteiger partial charge in [0.15, 0.2) is 17.5 Å². The highest BCUT2D eigenvalue weighted by atomic mass is 79.9. The molecule has 100 valence electrons. The van der Waals surface area contributed by atoms with Crippen molar-refractivity contribution in [1.82, 2.24) is 0 Å². The Bertz CT molecular complexity index is 630. The molecule has 0 N–H and O–H groups in total. The van der Waals surface area contributed by atoms with Crippen LogP contribution in [0.5, 0.6) is 0 Å². The molecule has 19 heavy (non-hydrogen) atoms. The number of halogens is 6. The van der Waals surface area contributed by atoms with E-state index in [0.717, 1.165) is 18.2 Å². The summed E-state index contributed by atoms with van der Waals surface area (Å²) < 4.78 is 52.8. The van der Waals surface area contributed by atoms with Crippen LogP contribution in [-0.4, -0.2) is 0 Å². The van der Waals surface area contributed by atoms with Crippen LogP contribution in [0.3, 0.4) is 0 Å². The van der Waals surface area contributed by atoms with Gasteiger partial charge < -0.3 is 0 Å². The Kier molecular flexibility index (Phi) is 4.16. The summed E-state index contributed by atoms with van der Waals surface area (Å²) >= 11 is 8.98. The molecule has 1 atom stereocenters. The molecule has 0 bridgehead atoms. The van der Waals surface area contributed by atoms with Crippen LogP contribution in [0.1, 0.15) is 16.5 Å². The molecule has 0 aliphatic rings. The van der Waals surface area contributed by atoms with Crippen LogP contribution in [0.2, 0.25) is 0 Å². The second-order valence-corrected chi connectivity index (χ2v) is 5.09. The summed E-state index contributed by atoms with van der Waals surface area (Å²) in [7, 11) is 0. The van der Waals surface area contributed by atoms with Crippen molar-refractivity contribution in [2.24, 2.45) is 0 Å². The summed E-state index contributed by atoms with van der Waals surface area (Å²) in [6.45, 7) is 0. The molecule has 0 amide bonds. The molecule has 0 nitrogen and oxygen atoms in total. The lowest BCUT2D eigenvalue weighted by Crippen LogP contribution is -2.02. The third-order valence-electron chi connectivity index (χ3n) is 2.57. The Morgan fingerprint density at radius 2 is 1.53 bits per heavy atom. The summed E-state index contributed by atoms with van der Waals surface area (Å²) in [5.74, 6) is -4.71. The van der Waals surface area contributed by atoms with Crippen molar-refractivity contribution in [3.63, 3.8) is 0 Å². The number of rotatable bonds is 2. The van der Waals surface area contributed by atoms with Crippen molar-refractivity contribution in [3.05, 3.63) is 69.2 Å². The molecule has 1 unspecified atom stereocenters. The topological polar surface area (TPSA) is 0 Å². The molecule has 0 saturated carbocycles. The first-order chi connectivity index (χ1) is 8.91. The van der Waals surface area contributed by atoms with Crippen molar-refractivity contribution < 1.29 is 17.6 Å². The first kappa shape index (κ1) is 14.3. The van der Waals surface area contributed by atoms with Gasteiger partial charge in [-0.1, -0.05) is 12.1 Å². The van der Waals surface area contributed by atoms with Crippen molar-refractivity contribution in [1.29, 1.82) is 0 Å². The smallest absolute Gasteiger partial charge is 0.194 e. The van der Waals surface area contributed by atoms with E-state index < -0.39 is 28.6 Å². The minimum Gasteiger partial charge on any atom is -0.206 e. The van der Waals surface area contributed by atoms with Gasteiger partial charge in [0.1, 0.15) is 5.82 Å². The number of alkyl halides is 1. The van der Waals surface area contributed by atoms with Gasteiger partial charge in [0.05, 0.1) is 9.85 Å². The fourth-order valence-corrected chi connectivity index (χ4v) is 2.29. The van der Waals surface area contributed by atoms with Crippen LogP contribution in [0.25, 0.3) is 0 Å². The predicted molar refractivity (Wildman–Crippen MR) is 68.1 cm³/mol. The van der Waals surface area contributed by atoms with E-state index in [4.69, 9.17) is 11.6 Å². The van der Waals surface area contributed by atoms with Gasteiger partial charge in [-0.2, -0.15) is 0 Å². The largest absolute Gasteiger partial charge is 0.206 e. The van der Waals surface area contributed by atoms with Crippen LogP contribution < -0.4 is 0 Å². The molecular formula is C13H6BrClF4. The third-order valence-corrected chi connectivity index (χ3v) is 3.67. The third kappa shape index (κ3) is 2.77. The predicted octanol–water partition coefficient (Wildman–Crippen LogP) is 5.33. The zero-order valence-electron chi connectivity index (χ0n) is 9.23. The molecular weight excluding hydrogens is 347 g/mol. The van der Waals surface area contributed by atoms with E-state index in [0.29, 0.717) is 5.56 Å². The van der Waals surface area contributed by atoms with E-state index in [1.54, 1.807) is 0 Å². The molecule has 0 aromatic heterocycles. The minimum absolute atomic E-state index is 0.152. The number of benzene rings is 2. The van der Waals surface area contributed by atoms with E-state index in [1.165, 1.54) is 12.1 Å². The minimum atomic E-state index is -1.58. The lowest BCUT2D eigenvalue weighted by atomic mass is 10.0. The van der Waals surface area contributed by atoms with E-state index in [1.807, 2.05) is 0 Å². The molecule has 6 heteroatoms. The van der Waals surface area contributed by atoms with Crippen molar-refractivity contribution in [2.75, 3.05) is 0 Å². The van der Waals surface area contributed by atoms with Gasteiger partial charge in [-0.3, -0.25) is 0 Å². The quantitative estimate of drug-likeness (QED) is 0.389. The van der Waals surface area contributed by atoms with Crippen LogP contribution >= 0.6 is 27.5 Å². The van der Waals surface area contributed by atoms with E-state index in [-0.39, 0.29) is 10.0 Å². The molecule has 0 radical (unpaired) electrons. The van der Waals surface area contributed by atoms with Gasteiger partial charge in [0, 0.05) is 5.56 Å². The Labute approximate surface area is 120 Å². The summed E-state index contributed by atoms with van der Waals surface area (Å²) in [4.78, 5) is 0. The second kappa shape index (κ2) is 5.51. The van der Waals surface area contributed by atoms with Crippen molar-refractivity contribution in [3.8, 4) is 0 Å². The average Bonchev–Trinajstić information content (AvgIpc) is 2.39. The van der Waals surface area contributed by atoms with Gasteiger partial charge in [0.2, 0.25) is 0 Å². The highest BCUT2D eigenvalue weighted by Crippen LogP contribution is 2.33. The van der Waals surface area contributed by atoms with E-state index in [2.05, 4.69) is 15.9 Å². The monoisotopic (exact) mass is 352 g/mol. The van der Waals surface area contributed by atoms with Crippen molar-refractivity contribution >= 4 is 27.5 Å². The Morgan fingerprint density at radius 1 is 0.895 bits per heavy atom. The van der Waals surface area contributed by atoms with Crippen LogP contribution in [0, 0.1) is 23.3 Å². The SMILES string of the molecule is Fc1ccc(C(Cl)c2ccc(F)c(F)c2F)cc1Br. The Balaban J connectivity index is 2.47. The molecule has 0 saturated heterocycles. The Hall–Kier alpha value is -1.07. The fraction of sp³-hybridized carbons (Fsp3) is 0.0769. The normalized spacial score (nSPS) is 12.5. The first-order valence-corrected chi connectivity index (χ1v) is 6.37. The Morgan fingerprint density at radius 3 is 2.16 bits per heavy atom. The van der Waals surface area contributed by atoms with Gasteiger partial charge >= 0.3 is 0 Å². The summed E-state index contributed by atoms with van der Waals surface area (Å²) in [6, 6.07) is 5.70. The molecule has 0 aliphatic heterocycles. The first-order valence-electron chi connectivity index (χ1n) is 5.14. The molecule has 0 fully saturated rings. The van der Waals surface area contributed by atoms with Crippen LogP contribution in [0.15, 0.2) is 34.8 Å². The highest BCUT2D eigenvalue weighted by Gasteiger charge is 2.21. The van der Waals surface area contributed by atoms with Gasteiger partial charge in [0.25, 0.3) is 0 Å². The van der Waals surface area contributed by atoms with Gasteiger partial charge in [-0.05, 0) is 39.7 Å². The fourth-order valence-electron chi connectivity index (χ4n) is 1.59. The molecule has 0 aliphatic carbocycles. The van der Waals surface area contributed by atoms with E-state index in [9.17, 15) is 17.6 Å². The maximum Gasteiger partial charge on any atom is 0.194 e. The van der Waals surface area contributed by atoms with Crippen molar-refractivity contribution in [2.45, 2.75) is 5.38 Å². The molecule has 2 rings (SSSR count). The summed E-state index contributed by atoms with van der Waals surface area (Å²) in [5, 5.41) is -1.05. The number of hydrogen-bond donors (Lipinski definition) is 0. The average molecular weight is 354 g/mol. The highest BCUT2D eigenvalue weighted by molar-refractivity contribution is 9.10. The van der Waals surface area contributed by atoms with Gasteiger partial charge in [-0.15, -0.1) is 11.6 Å². The maximum absolute atomic E-state index is 13.6. The molecule has 0 spiro atoms. The standard InChI is InChI=1S/C13H6BrClF4/c14-8-5-6(1-3-9(8)16)11(15)7-2-4-10(17)13(19)12(7)18/h1-5,11H. The second-order valence-electron chi connectivity index (χ2n) is 3.80. The van der Waals surface area contributed by atoms with Gasteiger partial charge in [-0.25, -0.2) is 17.6 Å². The summed E-state index contributed by atoms with van der Waals surface area (Å²) in [6.07, 6.45) is 0. The van der Waals surface area contributed by atoms with Crippen LogP contribution in [0.4, 0.5) is 17.6 Å².